The van der Waals surface area contributed by atoms with Crippen molar-refractivity contribution in [3.63, 3.8) is 0 Å². The van der Waals surface area contributed by atoms with Crippen LogP contribution in [0.5, 0.6) is 0 Å². The minimum absolute atomic E-state index is 0.346. The van der Waals surface area contributed by atoms with Gasteiger partial charge < -0.3 is 16.4 Å². The lowest BCUT2D eigenvalue weighted by atomic mass is 10.1. The molecule has 0 fully saturated rings. The van der Waals surface area contributed by atoms with E-state index in [1.165, 1.54) is 11.1 Å². The van der Waals surface area contributed by atoms with Crippen molar-refractivity contribution in [3.8, 4) is 0 Å². The number of aryl methyl sites for hydroxylation is 2. The molecule has 4 heteroatoms. The largest absolute Gasteiger partial charge is 0.398 e. The number of hydrogen-bond donors (Lipinski definition) is 2. The van der Waals surface area contributed by atoms with Gasteiger partial charge in [0.25, 0.3) is 5.91 Å². The molecule has 0 spiro atoms. The summed E-state index contributed by atoms with van der Waals surface area (Å²) in [5.74, 6) is -0.515. The van der Waals surface area contributed by atoms with E-state index >= 15 is 0 Å². The monoisotopic (exact) mass is 269 g/mol. The molecular weight excluding hydrogens is 250 g/mol. The third-order valence-electron chi connectivity index (χ3n) is 3.40. The molecule has 0 unspecified atom stereocenters. The summed E-state index contributed by atoms with van der Waals surface area (Å²) in [6.45, 7) is 4.12. The van der Waals surface area contributed by atoms with Crippen molar-refractivity contribution >= 4 is 23.0 Å². The number of benzene rings is 2. The van der Waals surface area contributed by atoms with Crippen molar-refractivity contribution in [1.29, 1.82) is 0 Å². The minimum atomic E-state index is -0.515. The Hall–Kier alpha value is -2.49. The second-order valence-electron chi connectivity index (χ2n) is 4.98. The molecule has 1 amide bonds. The Labute approximate surface area is 119 Å². The van der Waals surface area contributed by atoms with Crippen molar-refractivity contribution in [2.45, 2.75) is 13.8 Å². The maximum atomic E-state index is 11.4. The first-order chi connectivity index (χ1) is 9.40. The normalized spacial score (nSPS) is 10.3. The summed E-state index contributed by atoms with van der Waals surface area (Å²) in [5.41, 5.74) is 16.2. The number of carbonyl (C=O) groups is 1. The van der Waals surface area contributed by atoms with E-state index in [-0.39, 0.29) is 0 Å². The highest BCUT2D eigenvalue weighted by atomic mass is 16.1. The molecule has 0 aliphatic heterocycles. The zero-order valence-electron chi connectivity index (χ0n) is 12.0. The van der Waals surface area contributed by atoms with E-state index in [0.29, 0.717) is 11.3 Å². The van der Waals surface area contributed by atoms with Gasteiger partial charge in [0.15, 0.2) is 0 Å². The van der Waals surface area contributed by atoms with Crippen LogP contribution in [0.15, 0.2) is 36.4 Å². The first-order valence-corrected chi connectivity index (χ1v) is 6.40. The molecule has 4 nitrogen and oxygen atoms in total. The zero-order valence-corrected chi connectivity index (χ0v) is 12.0. The van der Waals surface area contributed by atoms with Crippen LogP contribution in [0.2, 0.25) is 0 Å². The molecule has 0 aliphatic carbocycles. The molecule has 0 bridgehead atoms. The Kier molecular flexibility index (Phi) is 3.66. The molecule has 0 heterocycles. The molecule has 0 saturated carbocycles. The van der Waals surface area contributed by atoms with Gasteiger partial charge >= 0.3 is 0 Å². The number of primary amides is 1. The van der Waals surface area contributed by atoms with Crippen molar-refractivity contribution in [2.24, 2.45) is 5.73 Å². The number of nitrogen functional groups attached to an aromatic ring is 1. The van der Waals surface area contributed by atoms with E-state index in [9.17, 15) is 4.79 Å². The molecule has 0 aromatic heterocycles. The van der Waals surface area contributed by atoms with Gasteiger partial charge in [-0.2, -0.15) is 0 Å². The second-order valence-corrected chi connectivity index (χ2v) is 4.98. The fourth-order valence-electron chi connectivity index (χ4n) is 2.29. The Morgan fingerprint density at radius 2 is 1.80 bits per heavy atom. The van der Waals surface area contributed by atoms with E-state index in [1.807, 2.05) is 18.0 Å². The Balaban J connectivity index is 2.45. The molecule has 20 heavy (non-hydrogen) atoms. The average molecular weight is 269 g/mol. The van der Waals surface area contributed by atoms with Crippen LogP contribution in [0.1, 0.15) is 21.5 Å². The molecule has 4 N–H and O–H groups in total. The predicted octanol–water partition coefficient (Wildman–Crippen LogP) is 2.75. The summed E-state index contributed by atoms with van der Waals surface area (Å²) < 4.78 is 0. The number of amides is 1. The summed E-state index contributed by atoms with van der Waals surface area (Å²) >= 11 is 0. The van der Waals surface area contributed by atoms with E-state index in [4.69, 9.17) is 11.5 Å². The second kappa shape index (κ2) is 5.25. The van der Waals surface area contributed by atoms with Crippen LogP contribution in [0.4, 0.5) is 17.1 Å². The van der Waals surface area contributed by atoms with Gasteiger partial charge in [0, 0.05) is 24.1 Å². The Morgan fingerprint density at radius 3 is 2.40 bits per heavy atom. The van der Waals surface area contributed by atoms with Crippen LogP contribution in [0.25, 0.3) is 0 Å². The zero-order chi connectivity index (χ0) is 14.9. The van der Waals surface area contributed by atoms with Gasteiger partial charge in [0.2, 0.25) is 0 Å². The molecule has 2 aromatic rings. The standard InChI is InChI=1S/C16H19N3O/c1-10-4-7-15(11(2)8-10)19(3)12-5-6-14(17)13(9-12)16(18)20/h4-9H,17H2,1-3H3,(H2,18,20). The Bertz CT molecular complexity index is 665. The number of nitrogens with zero attached hydrogens (tertiary/aromatic N) is 1. The quantitative estimate of drug-likeness (QED) is 0.841. The smallest absolute Gasteiger partial charge is 0.250 e. The average Bonchev–Trinajstić information content (AvgIpc) is 2.38. The third-order valence-corrected chi connectivity index (χ3v) is 3.40. The minimum Gasteiger partial charge on any atom is -0.398 e. The fourth-order valence-corrected chi connectivity index (χ4v) is 2.29. The van der Waals surface area contributed by atoms with Crippen LogP contribution in [0, 0.1) is 13.8 Å². The van der Waals surface area contributed by atoms with Gasteiger partial charge in [0.1, 0.15) is 0 Å². The van der Waals surface area contributed by atoms with Crippen LogP contribution >= 0.6 is 0 Å². The van der Waals surface area contributed by atoms with Gasteiger partial charge in [-0.15, -0.1) is 0 Å². The molecular formula is C16H19N3O. The molecule has 0 saturated heterocycles. The van der Waals surface area contributed by atoms with Gasteiger partial charge in [-0.25, -0.2) is 0 Å². The fraction of sp³-hybridized carbons (Fsp3) is 0.188. The van der Waals surface area contributed by atoms with E-state index in [1.54, 1.807) is 12.1 Å². The van der Waals surface area contributed by atoms with Gasteiger partial charge in [0.05, 0.1) is 5.56 Å². The molecule has 0 radical (unpaired) electrons. The van der Waals surface area contributed by atoms with Crippen molar-refractivity contribution in [3.05, 3.63) is 53.1 Å². The van der Waals surface area contributed by atoms with Crippen molar-refractivity contribution in [1.82, 2.24) is 0 Å². The Morgan fingerprint density at radius 1 is 1.10 bits per heavy atom. The van der Waals surface area contributed by atoms with E-state index in [2.05, 4.69) is 32.0 Å². The molecule has 2 rings (SSSR count). The molecule has 2 aromatic carbocycles. The van der Waals surface area contributed by atoms with E-state index < -0.39 is 5.91 Å². The summed E-state index contributed by atoms with van der Waals surface area (Å²) in [5, 5.41) is 0. The van der Waals surface area contributed by atoms with Crippen molar-refractivity contribution < 1.29 is 4.79 Å². The lowest BCUT2D eigenvalue weighted by Gasteiger charge is -2.22. The summed E-state index contributed by atoms with van der Waals surface area (Å²) in [4.78, 5) is 13.4. The SMILES string of the molecule is Cc1ccc(N(C)c2ccc(N)c(C(N)=O)c2)c(C)c1. The number of rotatable bonds is 3. The lowest BCUT2D eigenvalue weighted by Crippen LogP contribution is -2.16. The number of carbonyl (C=O) groups excluding carboxylic acids is 1. The highest BCUT2D eigenvalue weighted by Gasteiger charge is 2.11. The van der Waals surface area contributed by atoms with Gasteiger partial charge in [-0.1, -0.05) is 17.7 Å². The van der Waals surface area contributed by atoms with E-state index in [0.717, 1.165) is 11.4 Å². The van der Waals surface area contributed by atoms with Gasteiger partial charge in [-0.05, 0) is 43.7 Å². The highest BCUT2D eigenvalue weighted by Crippen LogP contribution is 2.29. The molecule has 0 aliphatic rings. The number of anilines is 3. The molecule has 0 atom stereocenters. The first kappa shape index (κ1) is 13.9. The summed E-state index contributed by atoms with van der Waals surface area (Å²) in [6, 6.07) is 11.5. The first-order valence-electron chi connectivity index (χ1n) is 6.40. The van der Waals surface area contributed by atoms with Crippen molar-refractivity contribution in [2.75, 3.05) is 17.7 Å². The summed E-state index contributed by atoms with van der Waals surface area (Å²) in [7, 11) is 1.95. The topological polar surface area (TPSA) is 72.3 Å². The third kappa shape index (κ3) is 2.59. The van der Waals surface area contributed by atoms with Crippen LogP contribution < -0.4 is 16.4 Å². The predicted molar refractivity (Wildman–Crippen MR) is 83.4 cm³/mol. The summed E-state index contributed by atoms with van der Waals surface area (Å²) in [6.07, 6.45) is 0. The highest BCUT2D eigenvalue weighted by molar-refractivity contribution is 5.99. The van der Waals surface area contributed by atoms with Gasteiger partial charge in [-0.3, -0.25) is 4.79 Å². The lowest BCUT2D eigenvalue weighted by molar-refractivity contribution is 0.100. The maximum absolute atomic E-state index is 11.4. The maximum Gasteiger partial charge on any atom is 0.250 e. The molecule has 104 valence electrons. The number of hydrogen-bond acceptors (Lipinski definition) is 3. The van der Waals surface area contributed by atoms with Crippen LogP contribution in [-0.4, -0.2) is 13.0 Å². The number of nitrogens with two attached hydrogens (primary N) is 2. The van der Waals surface area contributed by atoms with Crippen LogP contribution in [0.3, 0.4) is 0 Å². The van der Waals surface area contributed by atoms with Crippen LogP contribution in [-0.2, 0) is 0 Å².